The second kappa shape index (κ2) is 5.56. The van der Waals surface area contributed by atoms with E-state index in [2.05, 4.69) is 20.1 Å². The van der Waals surface area contributed by atoms with Gasteiger partial charge < -0.3 is 4.74 Å². The first-order chi connectivity index (χ1) is 9.34. The molecule has 0 radical (unpaired) electrons. The quantitative estimate of drug-likeness (QED) is 0.849. The van der Waals surface area contributed by atoms with E-state index in [0.29, 0.717) is 11.7 Å². The normalized spacial score (nSPS) is 16.5. The fourth-order valence-electron chi connectivity index (χ4n) is 2.04. The maximum absolute atomic E-state index is 6.00. The second-order valence-electron chi connectivity index (χ2n) is 4.40. The van der Waals surface area contributed by atoms with Gasteiger partial charge in [-0.2, -0.15) is 16.9 Å². The molecule has 2 aromatic rings. The molecule has 0 aromatic carbocycles. The molecule has 0 spiro atoms. The van der Waals surface area contributed by atoms with Gasteiger partial charge >= 0.3 is 0 Å². The van der Waals surface area contributed by atoms with Crippen molar-refractivity contribution in [3.05, 3.63) is 24.5 Å². The first-order valence-corrected chi connectivity index (χ1v) is 7.41. The van der Waals surface area contributed by atoms with Gasteiger partial charge in [-0.15, -0.1) is 0 Å². The lowest BCUT2D eigenvalue weighted by Gasteiger charge is -2.23. The molecular weight excluding hydrogens is 262 g/mol. The van der Waals surface area contributed by atoms with Gasteiger partial charge in [-0.3, -0.25) is 0 Å². The first kappa shape index (κ1) is 12.4. The Morgan fingerprint density at radius 1 is 1.26 bits per heavy atom. The minimum Gasteiger partial charge on any atom is -0.474 e. The summed E-state index contributed by atoms with van der Waals surface area (Å²) >= 11 is 1.98. The number of hydrogen-bond acceptors (Lipinski definition) is 6. The minimum absolute atomic E-state index is 0.262. The van der Waals surface area contributed by atoms with Crippen LogP contribution < -0.4 is 4.74 Å². The average Bonchev–Trinajstić information content (AvgIpc) is 2.96. The molecular formula is C12H15N5OS. The van der Waals surface area contributed by atoms with Crippen LogP contribution >= 0.6 is 11.8 Å². The van der Waals surface area contributed by atoms with Crippen LogP contribution in [0.15, 0.2) is 19.0 Å². The van der Waals surface area contributed by atoms with E-state index >= 15 is 0 Å². The van der Waals surface area contributed by atoms with Gasteiger partial charge in [0, 0.05) is 0 Å². The molecule has 1 saturated heterocycles. The molecule has 19 heavy (non-hydrogen) atoms. The Labute approximate surface area is 115 Å². The molecule has 0 bridgehead atoms. The number of nitrogens with zero attached hydrogens (tertiary/aromatic N) is 5. The number of rotatable bonds is 3. The van der Waals surface area contributed by atoms with E-state index < -0.39 is 0 Å². The zero-order valence-electron chi connectivity index (χ0n) is 10.7. The van der Waals surface area contributed by atoms with Crippen molar-refractivity contribution >= 4 is 11.8 Å². The highest BCUT2D eigenvalue weighted by Crippen LogP contribution is 2.25. The third-order valence-corrected chi connectivity index (χ3v) is 4.14. The molecule has 2 aromatic heterocycles. The van der Waals surface area contributed by atoms with Gasteiger partial charge in [-0.1, -0.05) is 0 Å². The maximum Gasteiger partial charge on any atom is 0.221 e. The molecule has 1 aliphatic heterocycles. The Bertz CT molecular complexity index is 539. The van der Waals surface area contributed by atoms with Gasteiger partial charge in [-0.05, 0) is 31.3 Å². The van der Waals surface area contributed by atoms with Gasteiger partial charge in [0.1, 0.15) is 25.1 Å². The average molecular weight is 277 g/mol. The largest absolute Gasteiger partial charge is 0.474 e. The summed E-state index contributed by atoms with van der Waals surface area (Å²) in [7, 11) is 0. The third kappa shape index (κ3) is 2.70. The van der Waals surface area contributed by atoms with Crippen molar-refractivity contribution in [1.29, 1.82) is 0 Å². The van der Waals surface area contributed by atoms with Crippen LogP contribution in [-0.4, -0.2) is 42.3 Å². The highest BCUT2D eigenvalue weighted by atomic mass is 32.2. The van der Waals surface area contributed by atoms with Crippen molar-refractivity contribution in [2.24, 2.45) is 0 Å². The van der Waals surface area contributed by atoms with Crippen molar-refractivity contribution in [2.75, 3.05) is 11.5 Å². The minimum atomic E-state index is 0.262. The van der Waals surface area contributed by atoms with Crippen molar-refractivity contribution in [1.82, 2.24) is 24.7 Å². The fourth-order valence-corrected chi connectivity index (χ4v) is 3.11. The lowest BCUT2D eigenvalue weighted by Crippen LogP contribution is -2.23. The van der Waals surface area contributed by atoms with E-state index in [9.17, 15) is 0 Å². The van der Waals surface area contributed by atoms with Gasteiger partial charge in [0.25, 0.3) is 0 Å². The Morgan fingerprint density at radius 2 is 2.11 bits per heavy atom. The molecule has 1 fully saturated rings. The fraction of sp³-hybridized carbons (Fsp3) is 0.500. The van der Waals surface area contributed by atoms with Crippen LogP contribution in [0.1, 0.15) is 18.4 Å². The Morgan fingerprint density at radius 3 is 2.84 bits per heavy atom. The van der Waals surface area contributed by atoms with Crippen molar-refractivity contribution in [3.8, 4) is 11.7 Å². The molecule has 0 saturated carbocycles. The van der Waals surface area contributed by atoms with Crippen LogP contribution in [-0.2, 0) is 0 Å². The summed E-state index contributed by atoms with van der Waals surface area (Å²) < 4.78 is 7.62. The topological polar surface area (TPSA) is 65.7 Å². The molecule has 1 aliphatic rings. The zero-order chi connectivity index (χ0) is 13.1. The SMILES string of the molecule is Cc1c(OC2CCSCC2)ncnc1-n1cncn1. The number of thioether (sulfide) groups is 1. The Hall–Kier alpha value is -1.63. The molecule has 0 N–H and O–H groups in total. The lowest BCUT2D eigenvalue weighted by atomic mass is 10.2. The molecule has 7 heteroatoms. The molecule has 0 aliphatic carbocycles. The predicted molar refractivity (Wildman–Crippen MR) is 72.7 cm³/mol. The second-order valence-corrected chi connectivity index (χ2v) is 5.62. The van der Waals surface area contributed by atoms with Crippen LogP contribution in [0.4, 0.5) is 0 Å². The first-order valence-electron chi connectivity index (χ1n) is 6.25. The monoisotopic (exact) mass is 277 g/mol. The predicted octanol–water partition coefficient (Wildman–Crippen LogP) is 1.64. The highest BCUT2D eigenvalue weighted by molar-refractivity contribution is 7.99. The zero-order valence-corrected chi connectivity index (χ0v) is 11.5. The smallest absolute Gasteiger partial charge is 0.221 e. The molecule has 0 atom stereocenters. The van der Waals surface area contributed by atoms with Gasteiger partial charge in [0.2, 0.25) is 5.88 Å². The van der Waals surface area contributed by atoms with Gasteiger partial charge in [0.05, 0.1) is 5.56 Å². The maximum atomic E-state index is 6.00. The lowest BCUT2D eigenvalue weighted by molar-refractivity contribution is 0.182. The summed E-state index contributed by atoms with van der Waals surface area (Å²) in [4.78, 5) is 12.4. The summed E-state index contributed by atoms with van der Waals surface area (Å²) in [6, 6.07) is 0. The summed E-state index contributed by atoms with van der Waals surface area (Å²) in [5, 5.41) is 4.09. The Kier molecular flexibility index (Phi) is 3.63. The van der Waals surface area contributed by atoms with Crippen LogP contribution in [0.5, 0.6) is 5.88 Å². The van der Waals surface area contributed by atoms with Crippen LogP contribution in [0.2, 0.25) is 0 Å². The summed E-state index contributed by atoms with van der Waals surface area (Å²) in [5.74, 6) is 3.68. The van der Waals surface area contributed by atoms with E-state index in [1.54, 1.807) is 11.0 Å². The van der Waals surface area contributed by atoms with Gasteiger partial charge in [0.15, 0.2) is 5.82 Å². The molecule has 100 valence electrons. The molecule has 3 heterocycles. The number of aromatic nitrogens is 5. The van der Waals surface area contributed by atoms with Crippen LogP contribution in [0.25, 0.3) is 5.82 Å². The number of ether oxygens (including phenoxy) is 1. The van der Waals surface area contributed by atoms with Crippen molar-refractivity contribution in [2.45, 2.75) is 25.9 Å². The standard InChI is InChI=1S/C12H15N5OS/c1-9-11(17-8-13-6-16-17)14-7-15-12(9)18-10-2-4-19-5-3-10/h6-8,10H,2-5H2,1H3. The number of hydrogen-bond donors (Lipinski definition) is 0. The molecule has 0 unspecified atom stereocenters. The third-order valence-electron chi connectivity index (χ3n) is 3.09. The van der Waals surface area contributed by atoms with Crippen molar-refractivity contribution in [3.63, 3.8) is 0 Å². The summed E-state index contributed by atoms with van der Waals surface area (Å²) in [6.45, 7) is 1.95. The van der Waals surface area contributed by atoms with Crippen LogP contribution in [0.3, 0.4) is 0 Å². The van der Waals surface area contributed by atoms with Crippen LogP contribution in [0, 0.1) is 6.92 Å². The molecule has 3 rings (SSSR count). The van der Waals surface area contributed by atoms with E-state index in [4.69, 9.17) is 4.74 Å². The Balaban J connectivity index is 1.84. The molecule has 6 nitrogen and oxygen atoms in total. The van der Waals surface area contributed by atoms with E-state index in [1.807, 2.05) is 18.7 Å². The van der Waals surface area contributed by atoms with Gasteiger partial charge in [-0.25, -0.2) is 19.6 Å². The van der Waals surface area contributed by atoms with E-state index in [-0.39, 0.29) is 6.10 Å². The highest BCUT2D eigenvalue weighted by Gasteiger charge is 2.18. The van der Waals surface area contributed by atoms with E-state index in [1.165, 1.54) is 12.7 Å². The van der Waals surface area contributed by atoms with Crippen molar-refractivity contribution < 1.29 is 4.74 Å². The summed E-state index contributed by atoms with van der Waals surface area (Å²) in [6.07, 6.45) is 7.03. The van der Waals surface area contributed by atoms with E-state index in [0.717, 1.165) is 29.9 Å². The summed E-state index contributed by atoms with van der Waals surface area (Å²) in [5.41, 5.74) is 0.895. The molecule has 0 amide bonds.